The monoisotopic (exact) mass is 221 g/mol. The first-order valence-electron chi connectivity index (χ1n) is 4.88. The van der Waals surface area contributed by atoms with Crippen LogP contribution in [-0.4, -0.2) is 34.8 Å². The number of hydrogen-bond donors (Lipinski definition) is 1. The molecular weight excluding hydrogens is 206 g/mol. The van der Waals surface area contributed by atoms with Gasteiger partial charge in [0.25, 0.3) is 0 Å². The number of aromatic hydroxyl groups is 1. The van der Waals surface area contributed by atoms with Gasteiger partial charge in [-0.05, 0) is 18.6 Å². The van der Waals surface area contributed by atoms with E-state index >= 15 is 0 Å². The number of rotatable bonds is 5. The summed E-state index contributed by atoms with van der Waals surface area (Å²) in [7, 11) is 0.774. The first-order chi connectivity index (χ1) is 7.34. The molecule has 0 aliphatic carbocycles. The van der Waals surface area contributed by atoms with Gasteiger partial charge in [-0.1, -0.05) is 12.1 Å². The number of hydrogen-bond acceptors (Lipinski definition) is 4. The first kappa shape index (κ1) is 11.6. The molecular formula is C10H15N3OSi. The van der Waals surface area contributed by atoms with Gasteiger partial charge in [0.15, 0.2) is 10.4 Å². The molecule has 80 valence electrons. The van der Waals surface area contributed by atoms with E-state index < -0.39 is 0 Å². The van der Waals surface area contributed by atoms with E-state index in [-0.39, 0.29) is 5.75 Å². The molecule has 1 N–H and O–H groups in total. The third-order valence-electron chi connectivity index (χ3n) is 1.85. The molecule has 5 heteroatoms. The van der Waals surface area contributed by atoms with Crippen molar-refractivity contribution in [3.05, 3.63) is 29.8 Å². The average Bonchev–Trinajstić information content (AvgIpc) is 2.25. The van der Waals surface area contributed by atoms with E-state index in [1.54, 1.807) is 18.3 Å². The Bertz CT molecular complexity index is 352. The van der Waals surface area contributed by atoms with Gasteiger partial charge in [-0.15, -0.1) is 0 Å². The van der Waals surface area contributed by atoms with Crippen LogP contribution in [0.1, 0.15) is 12.0 Å². The maximum absolute atomic E-state index is 9.43. The van der Waals surface area contributed by atoms with Crippen molar-refractivity contribution in [3.63, 3.8) is 0 Å². The maximum Gasteiger partial charge on any atom is 0.162 e. The summed E-state index contributed by atoms with van der Waals surface area (Å²) in [5, 5.41) is 13.3. The van der Waals surface area contributed by atoms with Crippen LogP contribution in [0.5, 0.6) is 5.75 Å². The Kier molecular flexibility index (Phi) is 5.32. The van der Waals surface area contributed by atoms with Crippen LogP contribution in [0.3, 0.4) is 0 Å². The molecule has 0 aliphatic rings. The average molecular weight is 221 g/mol. The number of phenolic OH excluding ortho intramolecular Hbond substituents is 1. The zero-order chi connectivity index (χ0) is 10.9. The number of aliphatic imine (C=N–C) groups is 1. The fourth-order valence-electron chi connectivity index (χ4n) is 1.09. The highest BCUT2D eigenvalue weighted by Gasteiger charge is 1.93. The van der Waals surface area contributed by atoms with Crippen molar-refractivity contribution in [2.45, 2.75) is 6.42 Å². The van der Waals surface area contributed by atoms with Gasteiger partial charge in [-0.3, -0.25) is 9.77 Å². The van der Waals surface area contributed by atoms with Crippen LogP contribution in [0.2, 0.25) is 0 Å². The molecule has 0 saturated carbocycles. The Balaban J connectivity index is 2.35. The lowest BCUT2D eigenvalue weighted by Crippen LogP contribution is -1.88. The second-order valence-electron chi connectivity index (χ2n) is 3.01. The van der Waals surface area contributed by atoms with E-state index in [4.69, 9.17) is 0 Å². The molecule has 0 radical (unpaired) electrons. The zero-order valence-corrected chi connectivity index (χ0v) is 10.8. The van der Waals surface area contributed by atoms with Gasteiger partial charge in [0, 0.05) is 18.3 Å². The minimum absolute atomic E-state index is 0.264. The van der Waals surface area contributed by atoms with Crippen molar-refractivity contribution in [1.29, 1.82) is 0 Å². The number of phenols is 1. The predicted octanol–water partition coefficient (Wildman–Crippen LogP) is 0.934. The molecule has 0 saturated heterocycles. The molecule has 4 nitrogen and oxygen atoms in total. The first-order valence-corrected chi connectivity index (χ1v) is 5.77. The Labute approximate surface area is 92.3 Å². The van der Waals surface area contributed by atoms with Crippen molar-refractivity contribution in [1.82, 2.24) is 0 Å². The summed E-state index contributed by atoms with van der Waals surface area (Å²) in [5.74, 6) is 0.264. The van der Waals surface area contributed by atoms with E-state index in [1.165, 1.54) is 0 Å². The highest BCUT2D eigenvalue weighted by atomic mass is 28.2. The van der Waals surface area contributed by atoms with Gasteiger partial charge in [0.2, 0.25) is 0 Å². The SMILES string of the molecule is Oc1ccccc1C=NCCCN=N[SiH3]. The fraction of sp³-hybridized carbons (Fsp3) is 0.300. The Morgan fingerprint density at radius 2 is 2.07 bits per heavy atom. The molecule has 0 heterocycles. The third-order valence-corrected chi connectivity index (χ3v) is 2.14. The molecule has 0 bridgehead atoms. The lowest BCUT2D eigenvalue weighted by atomic mass is 10.2. The van der Waals surface area contributed by atoms with Crippen LogP contribution in [0.4, 0.5) is 0 Å². The van der Waals surface area contributed by atoms with Gasteiger partial charge >= 0.3 is 0 Å². The second kappa shape index (κ2) is 6.89. The van der Waals surface area contributed by atoms with Gasteiger partial charge in [-0.25, -0.2) is 5.11 Å². The van der Waals surface area contributed by atoms with Crippen LogP contribution in [-0.2, 0) is 0 Å². The van der Waals surface area contributed by atoms with E-state index in [0.29, 0.717) is 0 Å². The van der Waals surface area contributed by atoms with Gasteiger partial charge in [0.05, 0.1) is 6.54 Å². The maximum atomic E-state index is 9.43. The molecule has 1 aromatic rings. The largest absolute Gasteiger partial charge is 0.507 e. The zero-order valence-electron chi connectivity index (χ0n) is 8.80. The van der Waals surface area contributed by atoms with Crippen molar-refractivity contribution >= 4 is 16.6 Å². The Morgan fingerprint density at radius 1 is 1.27 bits per heavy atom. The molecule has 0 spiro atoms. The normalized spacial score (nSPS) is 11.7. The van der Waals surface area contributed by atoms with Gasteiger partial charge in [-0.2, -0.15) is 0 Å². The van der Waals surface area contributed by atoms with Gasteiger partial charge in [0.1, 0.15) is 5.75 Å². The molecule has 0 atom stereocenters. The topological polar surface area (TPSA) is 57.3 Å². The summed E-state index contributed by atoms with van der Waals surface area (Å²) in [6, 6.07) is 7.14. The smallest absolute Gasteiger partial charge is 0.162 e. The summed E-state index contributed by atoms with van der Waals surface area (Å²) < 4.78 is 3.78. The van der Waals surface area contributed by atoms with E-state index in [0.717, 1.165) is 35.5 Å². The molecule has 15 heavy (non-hydrogen) atoms. The minimum atomic E-state index is 0.264. The predicted molar refractivity (Wildman–Crippen MR) is 64.8 cm³/mol. The van der Waals surface area contributed by atoms with E-state index in [9.17, 15) is 5.11 Å². The second-order valence-corrected chi connectivity index (χ2v) is 3.41. The summed E-state index contributed by atoms with van der Waals surface area (Å²) in [6.45, 7) is 1.45. The minimum Gasteiger partial charge on any atom is -0.507 e. The van der Waals surface area contributed by atoms with E-state index in [1.807, 2.05) is 12.1 Å². The molecule has 1 rings (SSSR count). The lowest BCUT2D eigenvalue weighted by molar-refractivity contribution is 0.474. The highest BCUT2D eigenvalue weighted by molar-refractivity contribution is 6.04. The lowest BCUT2D eigenvalue weighted by Gasteiger charge is -1.96. The molecule has 0 fully saturated rings. The number of nitrogens with zero attached hydrogens (tertiary/aromatic N) is 3. The highest BCUT2D eigenvalue weighted by Crippen LogP contribution is 2.12. The van der Waals surface area contributed by atoms with Crippen LogP contribution in [0, 0.1) is 0 Å². The van der Waals surface area contributed by atoms with Crippen LogP contribution >= 0.6 is 0 Å². The summed E-state index contributed by atoms with van der Waals surface area (Å²) in [5.41, 5.74) is 0.752. The van der Waals surface area contributed by atoms with Crippen molar-refractivity contribution in [3.8, 4) is 5.75 Å². The summed E-state index contributed by atoms with van der Waals surface area (Å²) in [4.78, 5) is 4.20. The summed E-state index contributed by atoms with van der Waals surface area (Å²) >= 11 is 0. The molecule has 0 aliphatic heterocycles. The third kappa shape index (κ3) is 4.50. The molecule has 0 unspecified atom stereocenters. The van der Waals surface area contributed by atoms with Gasteiger partial charge < -0.3 is 5.11 Å². The van der Waals surface area contributed by atoms with Crippen LogP contribution in [0.25, 0.3) is 0 Å². The fourth-order valence-corrected chi connectivity index (χ4v) is 1.29. The standard InChI is InChI=1S/C10H15N3OSi/c14-10-5-2-1-4-9(10)8-11-6-3-7-12-13-15/h1-2,4-5,8,14H,3,6-7H2,15H3. The summed E-state index contributed by atoms with van der Waals surface area (Å²) in [6.07, 6.45) is 2.59. The number of benzene rings is 1. The van der Waals surface area contributed by atoms with Crippen molar-refractivity contribution < 1.29 is 5.11 Å². The Morgan fingerprint density at radius 3 is 2.80 bits per heavy atom. The van der Waals surface area contributed by atoms with Crippen molar-refractivity contribution in [2.24, 2.45) is 14.9 Å². The van der Waals surface area contributed by atoms with Crippen LogP contribution in [0.15, 0.2) is 39.2 Å². The van der Waals surface area contributed by atoms with Crippen molar-refractivity contribution in [2.75, 3.05) is 13.1 Å². The molecule has 0 aromatic heterocycles. The van der Waals surface area contributed by atoms with Crippen LogP contribution < -0.4 is 0 Å². The molecule has 0 amide bonds. The molecule has 1 aromatic carbocycles. The Hall–Kier alpha value is -1.49. The number of para-hydroxylation sites is 1. The quantitative estimate of drug-likeness (QED) is 0.342. The van der Waals surface area contributed by atoms with E-state index in [2.05, 4.69) is 14.9 Å².